The minimum absolute atomic E-state index is 0.0149. The maximum absolute atomic E-state index is 13.7. The number of halogens is 3. The van der Waals surface area contributed by atoms with Crippen LogP contribution in [0, 0.1) is 0 Å². The van der Waals surface area contributed by atoms with E-state index in [1.54, 1.807) is 20.8 Å². The zero-order valence-electron chi connectivity index (χ0n) is 23.0. The summed E-state index contributed by atoms with van der Waals surface area (Å²) in [6.07, 6.45) is 0.781. The molecular weight excluding hydrogens is 551 g/mol. The lowest BCUT2D eigenvalue weighted by Crippen LogP contribution is -2.43. The molecule has 0 spiro atoms. The van der Waals surface area contributed by atoms with Gasteiger partial charge in [0.05, 0.1) is 35.4 Å². The first-order chi connectivity index (χ1) is 18.5. The number of nitrogens with one attached hydrogen (secondary N) is 1. The number of sulfonamides is 1. The maximum atomic E-state index is 13.7. The Morgan fingerprint density at radius 1 is 1.18 bits per heavy atom. The summed E-state index contributed by atoms with van der Waals surface area (Å²) in [7, 11) is -3.44. The van der Waals surface area contributed by atoms with Gasteiger partial charge in [-0.05, 0) is 53.0 Å². The van der Waals surface area contributed by atoms with Crippen LogP contribution in [-0.4, -0.2) is 103 Å². The first kappa shape index (κ1) is 30.6. The predicted octanol–water partition coefficient (Wildman–Crippen LogP) is 2.18. The zero-order valence-corrected chi connectivity index (χ0v) is 23.8. The van der Waals surface area contributed by atoms with Gasteiger partial charge in [-0.1, -0.05) is 0 Å². The molecule has 1 atom stereocenters. The highest BCUT2D eigenvalue weighted by Crippen LogP contribution is 2.36. The lowest BCUT2D eigenvalue weighted by molar-refractivity contribution is -0.137. The molecule has 11 nitrogen and oxygen atoms in total. The Bertz CT molecular complexity index is 1270. The van der Waals surface area contributed by atoms with Crippen molar-refractivity contribution in [3.63, 3.8) is 0 Å². The van der Waals surface area contributed by atoms with Gasteiger partial charge >= 0.3 is 6.18 Å². The number of hydrogen-bond acceptors (Lipinski definition) is 9. The van der Waals surface area contributed by atoms with Gasteiger partial charge in [0.2, 0.25) is 16.0 Å². The Labute approximate surface area is 232 Å². The van der Waals surface area contributed by atoms with Crippen molar-refractivity contribution in [2.45, 2.75) is 76.4 Å². The molecule has 2 aliphatic rings. The van der Waals surface area contributed by atoms with E-state index in [0.29, 0.717) is 38.8 Å². The molecule has 0 unspecified atom stereocenters. The van der Waals surface area contributed by atoms with Crippen LogP contribution in [0.25, 0.3) is 11.3 Å². The molecule has 4 heterocycles. The van der Waals surface area contributed by atoms with Gasteiger partial charge in [-0.2, -0.15) is 18.3 Å². The average molecular weight is 590 g/mol. The van der Waals surface area contributed by atoms with E-state index < -0.39 is 33.0 Å². The molecule has 0 saturated carbocycles. The van der Waals surface area contributed by atoms with Gasteiger partial charge in [0, 0.05) is 50.2 Å². The monoisotopic (exact) mass is 589 g/mol. The van der Waals surface area contributed by atoms with Crippen LogP contribution in [0.2, 0.25) is 0 Å². The predicted molar refractivity (Wildman–Crippen MR) is 143 cm³/mol. The molecule has 2 aromatic heterocycles. The highest BCUT2D eigenvalue weighted by Gasteiger charge is 2.36. The lowest BCUT2D eigenvalue weighted by Gasteiger charge is -2.32. The number of likely N-dealkylation sites (tertiary alicyclic amines) is 1. The largest absolute Gasteiger partial charge is 0.419 e. The first-order valence-corrected chi connectivity index (χ1v) is 15.0. The van der Waals surface area contributed by atoms with E-state index in [2.05, 4.69) is 25.3 Å². The van der Waals surface area contributed by atoms with Crippen LogP contribution < -0.4 is 5.32 Å². The van der Waals surface area contributed by atoms with Crippen molar-refractivity contribution in [2.24, 2.45) is 0 Å². The van der Waals surface area contributed by atoms with Crippen molar-refractivity contribution < 1.29 is 31.8 Å². The highest BCUT2D eigenvalue weighted by atomic mass is 32.2. The molecule has 0 aromatic carbocycles. The molecular formula is C25H38F3N7O4S. The Morgan fingerprint density at radius 2 is 1.88 bits per heavy atom. The van der Waals surface area contributed by atoms with E-state index in [9.17, 15) is 31.8 Å². The van der Waals surface area contributed by atoms with Gasteiger partial charge in [0.15, 0.2) is 0 Å². The molecule has 0 aliphatic carbocycles. The number of aromatic nitrogens is 4. The number of alkyl halides is 3. The van der Waals surface area contributed by atoms with Crippen LogP contribution in [0.3, 0.4) is 0 Å². The van der Waals surface area contributed by atoms with Gasteiger partial charge in [-0.25, -0.2) is 22.7 Å². The second kappa shape index (κ2) is 11.5. The molecule has 2 aliphatic heterocycles. The normalized spacial score (nSPS) is 22.2. The molecule has 2 saturated heterocycles. The number of β-amino-alcohol motifs (C(OH)–C–C–N with tert-alkyl or cyclic N) is 1. The molecule has 0 bridgehead atoms. The lowest BCUT2D eigenvalue weighted by atomic mass is 10.1. The number of anilines is 1. The van der Waals surface area contributed by atoms with E-state index in [-0.39, 0.29) is 48.6 Å². The summed E-state index contributed by atoms with van der Waals surface area (Å²) >= 11 is 0. The summed E-state index contributed by atoms with van der Waals surface area (Å²) in [5.74, 6) is 0.0389. The number of piperidine rings is 1. The summed E-state index contributed by atoms with van der Waals surface area (Å²) < 4.78 is 69.7. The van der Waals surface area contributed by atoms with Gasteiger partial charge in [-0.15, -0.1) is 0 Å². The van der Waals surface area contributed by atoms with Gasteiger partial charge in [0.25, 0.3) is 0 Å². The minimum atomic E-state index is -4.68. The van der Waals surface area contributed by atoms with Gasteiger partial charge in [-0.3, -0.25) is 4.68 Å². The van der Waals surface area contributed by atoms with Crippen LogP contribution in [0.5, 0.6) is 0 Å². The Hall–Kier alpha value is -2.33. The summed E-state index contributed by atoms with van der Waals surface area (Å²) in [4.78, 5) is 10.1. The van der Waals surface area contributed by atoms with Crippen LogP contribution in [0.15, 0.2) is 18.6 Å². The van der Waals surface area contributed by atoms with Crippen molar-refractivity contribution >= 4 is 16.0 Å². The highest BCUT2D eigenvalue weighted by molar-refractivity contribution is 7.89. The standard InChI is InChI=1S/C25H38F3N7O4S/c1-23(2,36)16-34-15-18(13-30-34)21-20(25(26,27)28)14-29-22(32-21)31-19-5-9-35(10-6-19)40(38,39)12-4-8-33-11-7-24(3,37)17-33/h13-15,19,36-37H,4-12,16-17H2,1-3H3,(H,29,31,32)/t24-/m1/s1. The Balaban J connectivity index is 1.36. The van der Waals surface area contributed by atoms with E-state index in [1.807, 2.05) is 0 Å². The quantitative estimate of drug-likeness (QED) is 0.381. The van der Waals surface area contributed by atoms with Crippen molar-refractivity contribution in [3.05, 3.63) is 24.2 Å². The molecule has 0 radical (unpaired) electrons. The summed E-state index contributed by atoms with van der Waals surface area (Å²) in [6.45, 7) is 7.49. The van der Waals surface area contributed by atoms with Gasteiger partial charge in [0.1, 0.15) is 5.56 Å². The minimum Gasteiger partial charge on any atom is -0.389 e. The SMILES string of the molecule is CC(C)(O)Cn1cc(-c2nc(NC3CCN(S(=O)(=O)CCCN4CC[C@@](C)(O)C4)CC3)ncc2C(F)(F)F)cn1. The van der Waals surface area contributed by atoms with Crippen LogP contribution in [0.1, 0.15) is 52.0 Å². The molecule has 224 valence electrons. The van der Waals surface area contributed by atoms with Crippen molar-refractivity contribution in [1.29, 1.82) is 0 Å². The average Bonchev–Trinajstić information content (AvgIpc) is 3.43. The van der Waals surface area contributed by atoms with E-state index >= 15 is 0 Å². The molecule has 0 amide bonds. The first-order valence-electron chi connectivity index (χ1n) is 13.4. The number of nitrogens with zero attached hydrogens (tertiary/aromatic N) is 6. The third-order valence-corrected chi connectivity index (χ3v) is 9.09. The van der Waals surface area contributed by atoms with Crippen molar-refractivity contribution in [1.82, 2.24) is 29.0 Å². The third kappa shape index (κ3) is 8.12. The number of aliphatic hydroxyl groups is 2. The van der Waals surface area contributed by atoms with E-state index in [1.165, 1.54) is 21.4 Å². The second-order valence-corrected chi connectivity index (χ2v) is 13.8. The van der Waals surface area contributed by atoms with Crippen LogP contribution >= 0.6 is 0 Å². The fourth-order valence-corrected chi connectivity index (χ4v) is 6.66. The fraction of sp³-hybridized carbons (Fsp3) is 0.720. The molecule has 3 N–H and O–H groups in total. The summed E-state index contributed by atoms with van der Waals surface area (Å²) in [5.41, 5.74) is -3.01. The molecule has 40 heavy (non-hydrogen) atoms. The maximum Gasteiger partial charge on any atom is 0.419 e. The van der Waals surface area contributed by atoms with E-state index in [0.717, 1.165) is 12.7 Å². The van der Waals surface area contributed by atoms with Crippen molar-refractivity contribution in [3.8, 4) is 11.3 Å². The smallest absolute Gasteiger partial charge is 0.389 e. The molecule has 4 rings (SSSR count). The van der Waals surface area contributed by atoms with E-state index in [4.69, 9.17) is 0 Å². The second-order valence-electron chi connectivity index (χ2n) is 11.7. The topological polar surface area (TPSA) is 137 Å². The van der Waals surface area contributed by atoms with Crippen molar-refractivity contribution in [2.75, 3.05) is 43.8 Å². The third-order valence-electron chi connectivity index (χ3n) is 7.14. The van der Waals surface area contributed by atoms with Crippen LogP contribution in [0.4, 0.5) is 19.1 Å². The van der Waals surface area contributed by atoms with Crippen LogP contribution in [-0.2, 0) is 22.7 Å². The summed E-state index contributed by atoms with van der Waals surface area (Å²) in [6, 6.07) is -0.208. The zero-order chi connectivity index (χ0) is 29.3. The molecule has 2 fully saturated rings. The fourth-order valence-electron chi connectivity index (χ4n) is 5.14. The van der Waals surface area contributed by atoms with Gasteiger partial charge < -0.3 is 20.4 Å². The number of rotatable bonds is 10. The Morgan fingerprint density at radius 3 is 2.48 bits per heavy atom. The molecule has 2 aromatic rings. The Kier molecular flexibility index (Phi) is 8.81. The molecule has 15 heteroatoms. The summed E-state index contributed by atoms with van der Waals surface area (Å²) in [5, 5.41) is 27.2. The number of hydrogen-bond donors (Lipinski definition) is 3.